The highest BCUT2D eigenvalue weighted by Crippen LogP contribution is 2.24. The predicted molar refractivity (Wildman–Crippen MR) is 75.1 cm³/mol. The number of hydrogen-bond acceptors (Lipinski definition) is 6. The SMILES string of the molecule is CNC(=O)COC(=O)c1ccc(-c2ccc([N+](=O)[O-])cc2)o1. The number of non-ortho nitro benzene ring substituents is 1. The highest BCUT2D eigenvalue weighted by atomic mass is 16.6. The molecule has 0 aliphatic heterocycles. The third kappa shape index (κ3) is 3.48. The lowest BCUT2D eigenvalue weighted by molar-refractivity contribution is -0.384. The molecule has 8 nitrogen and oxygen atoms in total. The standard InChI is InChI=1S/C14H12N2O6/c1-15-13(17)8-21-14(18)12-7-6-11(22-12)9-2-4-10(5-3-9)16(19)20/h2-7H,8H2,1H3,(H,15,17). The summed E-state index contributed by atoms with van der Waals surface area (Å²) in [7, 11) is 1.43. The lowest BCUT2D eigenvalue weighted by Gasteiger charge is -2.01. The first-order valence-electron chi connectivity index (χ1n) is 6.23. The van der Waals surface area contributed by atoms with Crippen LogP contribution < -0.4 is 5.32 Å². The molecule has 22 heavy (non-hydrogen) atoms. The van der Waals surface area contributed by atoms with Crippen LogP contribution in [0.25, 0.3) is 11.3 Å². The Morgan fingerprint density at radius 3 is 2.50 bits per heavy atom. The molecule has 0 fully saturated rings. The van der Waals surface area contributed by atoms with Gasteiger partial charge in [-0.15, -0.1) is 0 Å². The first-order chi connectivity index (χ1) is 10.5. The van der Waals surface area contributed by atoms with Crippen LogP contribution in [-0.4, -0.2) is 30.5 Å². The molecule has 0 radical (unpaired) electrons. The van der Waals surface area contributed by atoms with Crippen molar-refractivity contribution in [2.24, 2.45) is 0 Å². The van der Waals surface area contributed by atoms with Gasteiger partial charge in [-0.2, -0.15) is 0 Å². The first-order valence-corrected chi connectivity index (χ1v) is 6.23. The smallest absolute Gasteiger partial charge is 0.374 e. The van der Waals surface area contributed by atoms with E-state index in [0.29, 0.717) is 11.3 Å². The number of hydrogen-bond donors (Lipinski definition) is 1. The molecule has 0 atom stereocenters. The van der Waals surface area contributed by atoms with E-state index in [1.807, 2.05) is 0 Å². The summed E-state index contributed by atoms with van der Waals surface area (Å²) in [5.74, 6) is -0.897. The minimum Gasteiger partial charge on any atom is -0.450 e. The van der Waals surface area contributed by atoms with Crippen LogP contribution in [0.1, 0.15) is 10.6 Å². The van der Waals surface area contributed by atoms with Gasteiger partial charge in [0.25, 0.3) is 11.6 Å². The van der Waals surface area contributed by atoms with Crippen molar-refractivity contribution in [2.75, 3.05) is 13.7 Å². The fourth-order valence-corrected chi connectivity index (χ4v) is 1.62. The molecule has 1 aromatic heterocycles. The summed E-state index contributed by atoms with van der Waals surface area (Å²) in [6, 6.07) is 8.64. The van der Waals surface area contributed by atoms with Crippen LogP contribution in [-0.2, 0) is 9.53 Å². The van der Waals surface area contributed by atoms with E-state index in [4.69, 9.17) is 9.15 Å². The lowest BCUT2D eigenvalue weighted by atomic mass is 10.1. The molecular weight excluding hydrogens is 292 g/mol. The fourth-order valence-electron chi connectivity index (χ4n) is 1.62. The van der Waals surface area contributed by atoms with E-state index >= 15 is 0 Å². The zero-order chi connectivity index (χ0) is 16.1. The van der Waals surface area contributed by atoms with Gasteiger partial charge in [0.05, 0.1) is 4.92 Å². The van der Waals surface area contributed by atoms with Crippen molar-refractivity contribution in [3.05, 3.63) is 52.3 Å². The van der Waals surface area contributed by atoms with Crippen molar-refractivity contribution in [3.63, 3.8) is 0 Å². The van der Waals surface area contributed by atoms with E-state index in [-0.39, 0.29) is 11.4 Å². The molecule has 0 aliphatic rings. The van der Waals surface area contributed by atoms with Crippen molar-refractivity contribution >= 4 is 17.6 Å². The second-order valence-electron chi connectivity index (χ2n) is 4.22. The van der Waals surface area contributed by atoms with Crippen LogP contribution in [0.5, 0.6) is 0 Å². The number of likely N-dealkylation sites (N-methyl/N-ethyl adjacent to an activating group) is 1. The summed E-state index contributed by atoms with van der Waals surface area (Å²) >= 11 is 0. The molecule has 2 rings (SSSR count). The van der Waals surface area contributed by atoms with Crippen LogP contribution >= 0.6 is 0 Å². The maximum absolute atomic E-state index is 11.7. The Morgan fingerprint density at radius 1 is 1.23 bits per heavy atom. The van der Waals surface area contributed by atoms with E-state index in [1.165, 1.54) is 43.4 Å². The Morgan fingerprint density at radius 2 is 1.91 bits per heavy atom. The van der Waals surface area contributed by atoms with Crippen molar-refractivity contribution in [1.29, 1.82) is 0 Å². The summed E-state index contributed by atoms with van der Waals surface area (Å²) < 4.78 is 10.1. The summed E-state index contributed by atoms with van der Waals surface area (Å²) in [6.45, 7) is -0.400. The van der Waals surface area contributed by atoms with Gasteiger partial charge in [-0.25, -0.2) is 4.79 Å². The van der Waals surface area contributed by atoms with Gasteiger partial charge in [-0.1, -0.05) is 0 Å². The van der Waals surface area contributed by atoms with Crippen LogP contribution in [0.15, 0.2) is 40.8 Å². The number of carbonyl (C=O) groups is 2. The molecular formula is C14H12N2O6. The summed E-state index contributed by atoms with van der Waals surface area (Å²) in [5, 5.41) is 12.9. The van der Waals surface area contributed by atoms with Crippen molar-refractivity contribution in [1.82, 2.24) is 5.32 Å². The number of amides is 1. The summed E-state index contributed by atoms with van der Waals surface area (Å²) in [6.07, 6.45) is 0. The molecule has 0 saturated heterocycles. The van der Waals surface area contributed by atoms with Gasteiger partial charge in [0.15, 0.2) is 6.61 Å². The van der Waals surface area contributed by atoms with Gasteiger partial charge in [0.2, 0.25) is 5.76 Å². The maximum Gasteiger partial charge on any atom is 0.374 e. The Hall–Kier alpha value is -3.16. The van der Waals surface area contributed by atoms with E-state index < -0.39 is 23.4 Å². The Bertz CT molecular complexity index is 704. The van der Waals surface area contributed by atoms with E-state index in [1.54, 1.807) is 0 Å². The van der Waals surface area contributed by atoms with Crippen molar-refractivity contribution < 1.29 is 23.7 Å². The number of nitrogens with one attached hydrogen (secondary N) is 1. The van der Waals surface area contributed by atoms with Gasteiger partial charge in [-0.3, -0.25) is 14.9 Å². The van der Waals surface area contributed by atoms with E-state index in [2.05, 4.69) is 5.32 Å². The number of carbonyl (C=O) groups excluding carboxylic acids is 2. The van der Waals surface area contributed by atoms with E-state index in [9.17, 15) is 19.7 Å². The van der Waals surface area contributed by atoms with Gasteiger partial charge in [0.1, 0.15) is 5.76 Å². The molecule has 1 heterocycles. The van der Waals surface area contributed by atoms with Crippen LogP contribution in [0, 0.1) is 10.1 Å². The van der Waals surface area contributed by atoms with Crippen LogP contribution in [0.4, 0.5) is 5.69 Å². The Balaban J connectivity index is 2.09. The molecule has 114 valence electrons. The zero-order valence-electron chi connectivity index (χ0n) is 11.6. The number of nitro benzene ring substituents is 1. The quantitative estimate of drug-likeness (QED) is 0.511. The normalized spacial score (nSPS) is 10.0. The average Bonchev–Trinajstić information content (AvgIpc) is 3.02. The fraction of sp³-hybridized carbons (Fsp3) is 0.143. The summed E-state index contributed by atoms with van der Waals surface area (Å²) in [4.78, 5) is 32.7. The third-order valence-electron chi connectivity index (χ3n) is 2.78. The molecule has 1 N–H and O–H groups in total. The molecule has 0 spiro atoms. The number of rotatable bonds is 5. The Labute approximate surface area is 124 Å². The minimum atomic E-state index is -0.767. The molecule has 2 aromatic rings. The second kappa shape index (κ2) is 6.53. The Kier molecular flexibility index (Phi) is 4.52. The minimum absolute atomic E-state index is 0.0412. The van der Waals surface area contributed by atoms with Gasteiger partial charge in [-0.05, 0) is 24.3 Å². The molecule has 1 amide bonds. The first kappa shape index (κ1) is 15.2. The molecule has 0 saturated carbocycles. The number of ether oxygens (including phenoxy) is 1. The molecule has 0 bridgehead atoms. The van der Waals surface area contributed by atoms with Gasteiger partial charge < -0.3 is 14.5 Å². The lowest BCUT2D eigenvalue weighted by Crippen LogP contribution is -2.24. The van der Waals surface area contributed by atoms with E-state index in [0.717, 1.165) is 0 Å². The number of furan rings is 1. The molecule has 0 aliphatic carbocycles. The number of esters is 1. The van der Waals surface area contributed by atoms with Crippen LogP contribution in [0.2, 0.25) is 0 Å². The second-order valence-corrected chi connectivity index (χ2v) is 4.22. The van der Waals surface area contributed by atoms with Crippen molar-refractivity contribution in [3.8, 4) is 11.3 Å². The highest BCUT2D eigenvalue weighted by Gasteiger charge is 2.15. The number of benzene rings is 1. The van der Waals surface area contributed by atoms with Crippen molar-refractivity contribution in [2.45, 2.75) is 0 Å². The summed E-state index contributed by atoms with van der Waals surface area (Å²) in [5.41, 5.74) is 0.538. The maximum atomic E-state index is 11.7. The van der Waals surface area contributed by atoms with Gasteiger partial charge in [0, 0.05) is 24.7 Å². The number of nitrogens with zero attached hydrogens (tertiary/aromatic N) is 1. The monoisotopic (exact) mass is 304 g/mol. The number of nitro groups is 1. The third-order valence-corrected chi connectivity index (χ3v) is 2.78. The average molecular weight is 304 g/mol. The highest BCUT2D eigenvalue weighted by molar-refractivity contribution is 5.89. The van der Waals surface area contributed by atoms with Gasteiger partial charge >= 0.3 is 5.97 Å². The molecule has 1 aromatic carbocycles. The molecule has 0 unspecified atom stereocenters. The zero-order valence-corrected chi connectivity index (χ0v) is 11.6. The predicted octanol–water partition coefficient (Wildman–Crippen LogP) is 1.76. The van der Waals surface area contributed by atoms with Crippen LogP contribution in [0.3, 0.4) is 0 Å². The largest absolute Gasteiger partial charge is 0.450 e. The molecule has 8 heteroatoms. The topological polar surface area (TPSA) is 112 Å².